The van der Waals surface area contributed by atoms with E-state index < -0.39 is 54.2 Å². The number of esters is 3. The van der Waals surface area contributed by atoms with Gasteiger partial charge in [0.25, 0.3) is 5.95 Å². The van der Waals surface area contributed by atoms with Crippen molar-refractivity contribution in [3.8, 4) is 0 Å². The van der Waals surface area contributed by atoms with Gasteiger partial charge in [-0.05, 0) is 26.6 Å². The first-order valence-corrected chi connectivity index (χ1v) is 13.5. The number of carbonyl (C=O) groups excluding carboxylic acids is 6. The predicted molar refractivity (Wildman–Crippen MR) is 151 cm³/mol. The third kappa shape index (κ3) is 18.8. The summed E-state index contributed by atoms with van der Waals surface area (Å²) in [5.41, 5.74) is 0.416. The number of amides is 3. The highest BCUT2D eigenvalue weighted by Crippen LogP contribution is 2.15. The zero-order valence-electron chi connectivity index (χ0n) is 23.8. The fourth-order valence-electron chi connectivity index (χ4n) is 2.26. The van der Waals surface area contributed by atoms with Gasteiger partial charge in [-0.3, -0.25) is 10.1 Å². The molecule has 0 aromatic carbocycles. The highest BCUT2D eigenvalue weighted by atomic mass is 32.2. The molecule has 0 aromatic heterocycles. The lowest BCUT2D eigenvalue weighted by molar-refractivity contribution is -0.147. The first-order valence-electron chi connectivity index (χ1n) is 12.3. The fraction of sp³-hybridized carbons (Fsp3) is 0.462. The molecule has 42 heavy (non-hydrogen) atoms. The molecule has 0 rings (SSSR count). The van der Waals surface area contributed by atoms with Crippen molar-refractivity contribution < 1.29 is 57.2 Å². The van der Waals surface area contributed by atoms with Crippen molar-refractivity contribution in [1.29, 1.82) is 0 Å². The van der Waals surface area contributed by atoms with Crippen LogP contribution in [0.4, 0.5) is 14.4 Å². The minimum absolute atomic E-state index is 0.0369. The van der Waals surface area contributed by atoms with Crippen LogP contribution in [0, 0.1) is 5.92 Å². The number of nitrogens with one attached hydrogen (secondary N) is 3. The molecule has 0 saturated heterocycles. The van der Waals surface area contributed by atoms with Crippen LogP contribution in [0.2, 0.25) is 0 Å². The fourth-order valence-corrected chi connectivity index (χ4v) is 3.31. The lowest BCUT2D eigenvalue weighted by atomic mass is 10.2. The predicted octanol–water partition coefficient (Wildman–Crippen LogP) is 2.30. The third-order valence-corrected chi connectivity index (χ3v) is 5.64. The summed E-state index contributed by atoms with van der Waals surface area (Å²) in [6, 6.07) is 0. The molecule has 15 nitrogen and oxygen atoms in total. The normalized spacial score (nSPS) is 11.3. The smallest absolute Gasteiger partial charge is 0.415 e. The summed E-state index contributed by atoms with van der Waals surface area (Å²) in [6.45, 7) is 17.4. The second kappa shape index (κ2) is 21.3. The van der Waals surface area contributed by atoms with Crippen molar-refractivity contribution in [1.82, 2.24) is 16.0 Å². The Kier molecular flexibility index (Phi) is 19.0. The Morgan fingerprint density at radius 1 is 0.786 bits per heavy atom. The topological polar surface area (TPSA) is 194 Å². The van der Waals surface area contributed by atoms with Crippen molar-refractivity contribution in [3.63, 3.8) is 0 Å². The van der Waals surface area contributed by atoms with Gasteiger partial charge in [0, 0.05) is 22.7 Å². The van der Waals surface area contributed by atoms with E-state index >= 15 is 0 Å². The van der Waals surface area contributed by atoms with Crippen LogP contribution in [-0.4, -0.2) is 86.7 Å². The second-order valence-electron chi connectivity index (χ2n) is 8.28. The minimum Gasteiger partial charge on any atom is -0.460 e. The van der Waals surface area contributed by atoms with Gasteiger partial charge in [-0.15, -0.1) is 0 Å². The van der Waals surface area contributed by atoms with Gasteiger partial charge in [0.15, 0.2) is 0 Å². The molecule has 0 bridgehead atoms. The van der Waals surface area contributed by atoms with E-state index in [9.17, 15) is 28.8 Å². The summed E-state index contributed by atoms with van der Waals surface area (Å²) in [7, 11) is 0. The zero-order valence-corrected chi connectivity index (χ0v) is 24.6. The lowest BCUT2D eigenvalue weighted by Crippen LogP contribution is -2.36. The van der Waals surface area contributed by atoms with Crippen molar-refractivity contribution in [2.24, 2.45) is 5.92 Å². The molecule has 16 heteroatoms. The SMILES string of the molecule is C=CNC(=O)OCC(CSCC(C)C(=O)OC(=C)OC(=O)NCCOC(=O)C(=C)C)OC(=O)NCCOC(=O)C(=C)C. The first kappa shape index (κ1) is 37.5. The first-order chi connectivity index (χ1) is 19.8. The van der Waals surface area contributed by atoms with E-state index in [1.807, 2.05) is 0 Å². The number of ether oxygens (including phenoxy) is 6. The summed E-state index contributed by atoms with van der Waals surface area (Å²) in [6.07, 6.45) is -2.45. The second-order valence-corrected chi connectivity index (χ2v) is 9.36. The van der Waals surface area contributed by atoms with Gasteiger partial charge >= 0.3 is 36.2 Å². The highest BCUT2D eigenvalue weighted by molar-refractivity contribution is 7.99. The molecular weight excluding hydrogens is 578 g/mol. The van der Waals surface area contributed by atoms with Gasteiger partial charge in [-0.1, -0.05) is 26.7 Å². The maximum atomic E-state index is 12.3. The monoisotopic (exact) mass is 615 g/mol. The van der Waals surface area contributed by atoms with E-state index in [4.69, 9.17) is 28.4 Å². The number of thioether (sulfide) groups is 1. The lowest BCUT2D eigenvalue weighted by Gasteiger charge is -2.19. The van der Waals surface area contributed by atoms with Gasteiger partial charge in [-0.25, -0.2) is 24.0 Å². The van der Waals surface area contributed by atoms with Crippen LogP contribution in [0.15, 0.2) is 49.6 Å². The molecule has 0 heterocycles. The van der Waals surface area contributed by atoms with Crippen molar-refractivity contribution in [2.75, 3.05) is 44.4 Å². The van der Waals surface area contributed by atoms with Crippen LogP contribution in [0.25, 0.3) is 0 Å². The number of alkyl carbamates (subject to hydrolysis) is 3. The van der Waals surface area contributed by atoms with E-state index in [1.54, 1.807) is 6.92 Å². The van der Waals surface area contributed by atoms with Crippen LogP contribution in [0.3, 0.4) is 0 Å². The molecule has 2 unspecified atom stereocenters. The van der Waals surface area contributed by atoms with E-state index in [1.165, 1.54) is 25.6 Å². The summed E-state index contributed by atoms with van der Waals surface area (Å²) in [5, 5.41) is 6.89. The van der Waals surface area contributed by atoms with E-state index in [0.29, 0.717) is 0 Å². The van der Waals surface area contributed by atoms with Crippen LogP contribution >= 0.6 is 11.8 Å². The van der Waals surface area contributed by atoms with E-state index in [0.717, 1.165) is 6.20 Å². The van der Waals surface area contributed by atoms with Crippen LogP contribution in [0.1, 0.15) is 20.8 Å². The van der Waals surface area contributed by atoms with Gasteiger partial charge in [0.1, 0.15) is 25.9 Å². The molecule has 0 aliphatic carbocycles. The molecule has 0 aromatic rings. The Bertz CT molecular complexity index is 1030. The Morgan fingerprint density at radius 3 is 1.86 bits per heavy atom. The average molecular weight is 616 g/mol. The molecule has 0 aliphatic heterocycles. The Balaban J connectivity index is 4.60. The Hall–Kier alpha value is -4.47. The molecule has 0 radical (unpaired) electrons. The maximum absolute atomic E-state index is 12.3. The standard InChI is InChI=1S/C26H37N3O12S/c1-8-27-24(33)38-13-20(41-26(35)29-10-12-37-22(31)17(4)5)15-42-14-18(6)23(32)39-19(7)40-25(34)28-9-11-36-21(30)16(2)3/h8,18,20H,1-2,4,7,9-15H2,3,5-6H3,(H,27,33)(H,28,34)(H,29,35). The van der Waals surface area contributed by atoms with Gasteiger partial charge in [-0.2, -0.15) is 11.8 Å². The van der Waals surface area contributed by atoms with Crippen molar-refractivity contribution >= 4 is 47.9 Å². The van der Waals surface area contributed by atoms with Gasteiger partial charge in [0.2, 0.25) is 0 Å². The number of carbonyl (C=O) groups is 6. The maximum Gasteiger partial charge on any atom is 0.415 e. The molecule has 2 atom stereocenters. The van der Waals surface area contributed by atoms with Crippen LogP contribution in [-0.2, 0) is 42.8 Å². The zero-order chi connectivity index (χ0) is 32.1. The largest absolute Gasteiger partial charge is 0.460 e. The summed E-state index contributed by atoms with van der Waals surface area (Å²) < 4.78 is 29.6. The summed E-state index contributed by atoms with van der Waals surface area (Å²) >= 11 is 1.18. The molecule has 0 spiro atoms. The summed E-state index contributed by atoms with van der Waals surface area (Å²) in [5.74, 6) is -2.94. The number of rotatable bonds is 19. The average Bonchev–Trinajstić information content (AvgIpc) is 2.91. The van der Waals surface area contributed by atoms with E-state index in [-0.39, 0.29) is 55.6 Å². The highest BCUT2D eigenvalue weighted by Gasteiger charge is 2.21. The van der Waals surface area contributed by atoms with Crippen LogP contribution in [0.5, 0.6) is 0 Å². The third-order valence-electron chi connectivity index (χ3n) is 4.29. The Labute approximate surface area is 248 Å². The van der Waals surface area contributed by atoms with Crippen molar-refractivity contribution in [2.45, 2.75) is 26.9 Å². The van der Waals surface area contributed by atoms with Crippen molar-refractivity contribution in [3.05, 3.63) is 49.6 Å². The number of hydrogen-bond donors (Lipinski definition) is 3. The van der Waals surface area contributed by atoms with Gasteiger partial charge in [0.05, 0.1) is 19.0 Å². The van der Waals surface area contributed by atoms with E-state index in [2.05, 4.69) is 42.3 Å². The molecular formula is C26H37N3O12S. The summed E-state index contributed by atoms with van der Waals surface area (Å²) in [4.78, 5) is 70.4. The quantitative estimate of drug-likeness (QED) is 0.0630. The molecule has 234 valence electrons. The molecule has 0 saturated carbocycles. The minimum atomic E-state index is -0.978. The van der Waals surface area contributed by atoms with Crippen LogP contribution < -0.4 is 16.0 Å². The molecule has 3 amide bonds. The Morgan fingerprint density at radius 2 is 1.33 bits per heavy atom. The van der Waals surface area contributed by atoms with Gasteiger partial charge < -0.3 is 39.1 Å². The molecule has 0 fully saturated rings. The molecule has 0 aliphatic rings. The molecule has 3 N–H and O–H groups in total. The number of hydrogen-bond acceptors (Lipinski definition) is 13.